The minimum absolute atomic E-state index is 0.293. The normalized spacial score (nSPS) is 11.3. The quantitative estimate of drug-likeness (QED) is 0.777. The van der Waals surface area contributed by atoms with E-state index in [0.29, 0.717) is 22.8 Å². The Kier molecular flexibility index (Phi) is 7.65. The number of benzene rings is 1. The minimum atomic E-state index is -0.797. The molecule has 0 spiro atoms. The number of nitrogens with zero attached hydrogens (tertiary/aromatic N) is 1. The molecule has 0 fully saturated rings. The Labute approximate surface area is 132 Å². The van der Waals surface area contributed by atoms with Crippen LogP contribution in [0.2, 0.25) is 5.02 Å². The van der Waals surface area contributed by atoms with Crippen LogP contribution < -0.4 is 5.32 Å². The third-order valence-electron chi connectivity index (χ3n) is 2.60. The van der Waals surface area contributed by atoms with Crippen molar-refractivity contribution in [2.24, 2.45) is 0 Å². The van der Waals surface area contributed by atoms with Crippen molar-refractivity contribution in [3.63, 3.8) is 0 Å². The minimum Gasteiger partial charge on any atom is -0.449 e. The van der Waals surface area contributed by atoms with E-state index in [-0.39, 0.29) is 6.61 Å². The summed E-state index contributed by atoms with van der Waals surface area (Å²) in [6, 6.07) is 7.50. The van der Waals surface area contributed by atoms with Gasteiger partial charge in [-0.2, -0.15) is 17.0 Å². The molecule has 0 aliphatic carbocycles. The molecule has 5 nitrogen and oxygen atoms in total. The van der Waals surface area contributed by atoms with Crippen LogP contribution in [0.15, 0.2) is 24.3 Å². The third kappa shape index (κ3) is 5.66. The average molecular weight is 327 g/mol. The summed E-state index contributed by atoms with van der Waals surface area (Å²) < 4.78 is 4.76. The highest BCUT2D eigenvalue weighted by Crippen LogP contribution is 2.15. The van der Waals surface area contributed by atoms with Gasteiger partial charge in [0.25, 0.3) is 5.91 Å². The molecular formula is C14H15ClN2O3S. The zero-order valence-electron chi connectivity index (χ0n) is 11.5. The van der Waals surface area contributed by atoms with E-state index in [1.54, 1.807) is 42.1 Å². The number of esters is 1. The van der Waals surface area contributed by atoms with Gasteiger partial charge in [-0.3, -0.25) is 4.79 Å². The monoisotopic (exact) mass is 326 g/mol. The van der Waals surface area contributed by atoms with E-state index in [0.717, 1.165) is 0 Å². The number of nitriles is 1. The van der Waals surface area contributed by atoms with E-state index in [9.17, 15) is 9.59 Å². The predicted octanol–water partition coefficient (Wildman–Crippen LogP) is 2.26. The zero-order valence-corrected chi connectivity index (χ0v) is 13.0. The molecule has 0 saturated carbocycles. The van der Waals surface area contributed by atoms with E-state index in [1.165, 1.54) is 0 Å². The van der Waals surface area contributed by atoms with Gasteiger partial charge in [0.2, 0.25) is 0 Å². The molecule has 0 radical (unpaired) electrons. The summed E-state index contributed by atoms with van der Waals surface area (Å²) in [5.41, 5.74) is 0.293. The van der Waals surface area contributed by atoms with Gasteiger partial charge in [-0.15, -0.1) is 0 Å². The second-order valence-corrected chi connectivity index (χ2v) is 5.45. The molecule has 1 unspecified atom stereocenters. The smallest absolute Gasteiger partial charge is 0.329 e. The van der Waals surface area contributed by atoms with Gasteiger partial charge in [0.1, 0.15) is 12.1 Å². The topological polar surface area (TPSA) is 79.2 Å². The Bertz CT molecular complexity index is 545. The largest absolute Gasteiger partial charge is 0.449 e. The molecule has 112 valence electrons. The van der Waals surface area contributed by atoms with Gasteiger partial charge in [0, 0.05) is 0 Å². The molecule has 0 aliphatic heterocycles. The average Bonchev–Trinajstić information content (AvgIpc) is 2.49. The first-order chi connectivity index (χ1) is 10.1. The maximum Gasteiger partial charge on any atom is 0.329 e. The van der Waals surface area contributed by atoms with Crippen molar-refractivity contribution in [1.82, 2.24) is 5.32 Å². The maximum absolute atomic E-state index is 12.1. The Morgan fingerprint density at radius 2 is 2.19 bits per heavy atom. The molecule has 1 N–H and O–H groups in total. The molecule has 1 amide bonds. The van der Waals surface area contributed by atoms with Crippen molar-refractivity contribution in [1.29, 1.82) is 5.26 Å². The number of thioether (sulfide) groups is 1. The van der Waals surface area contributed by atoms with Crippen LogP contribution in [0.5, 0.6) is 0 Å². The van der Waals surface area contributed by atoms with Crippen LogP contribution in [0.4, 0.5) is 0 Å². The van der Waals surface area contributed by atoms with Crippen molar-refractivity contribution in [2.45, 2.75) is 12.5 Å². The van der Waals surface area contributed by atoms with Gasteiger partial charge >= 0.3 is 5.97 Å². The van der Waals surface area contributed by atoms with Crippen molar-refractivity contribution in [3.8, 4) is 6.07 Å². The first-order valence-electron chi connectivity index (χ1n) is 6.18. The molecule has 1 rings (SSSR count). The van der Waals surface area contributed by atoms with Crippen LogP contribution >= 0.6 is 23.4 Å². The third-order valence-corrected chi connectivity index (χ3v) is 3.57. The van der Waals surface area contributed by atoms with Gasteiger partial charge in [-0.1, -0.05) is 23.7 Å². The molecule has 0 aromatic heterocycles. The summed E-state index contributed by atoms with van der Waals surface area (Å²) >= 11 is 7.49. The Balaban J connectivity index is 2.76. The van der Waals surface area contributed by atoms with Gasteiger partial charge in [0.05, 0.1) is 10.6 Å². The maximum atomic E-state index is 12.1. The molecule has 7 heteroatoms. The number of nitrogens with one attached hydrogen (secondary N) is 1. The lowest BCUT2D eigenvalue weighted by atomic mass is 10.1. The first kappa shape index (κ1) is 17.3. The van der Waals surface area contributed by atoms with Crippen LogP contribution in [0.1, 0.15) is 16.8 Å². The molecule has 0 aliphatic rings. The standard InChI is InChI=1S/C14H15ClN2O3S/c1-21-9-6-12(14(19)20-8-7-16)17-13(18)10-4-2-3-5-11(10)15/h2-5,12H,6,8-9H2,1H3,(H,17,18). The lowest BCUT2D eigenvalue weighted by Crippen LogP contribution is -2.42. The SMILES string of the molecule is CSCCC(NC(=O)c1ccccc1Cl)C(=O)OCC#N. The molecule has 0 bridgehead atoms. The number of hydrogen-bond acceptors (Lipinski definition) is 5. The van der Waals surface area contributed by atoms with Crippen LogP contribution in [0.25, 0.3) is 0 Å². The lowest BCUT2D eigenvalue weighted by molar-refractivity contribution is -0.144. The second-order valence-electron chi connectivity index (χ2n) is 4.05. The number of carbonyl (C=O) groups excluding carboxylic acids is 2. The van der Waals surface area contributed by atoms with Crippen molar-refractivity contribution >= 4 is 35.2 Å². The van der Waals surface area contributed by atoms with Gasteiger partial charge in [0.15, 0.2) is 6.61 Å². The second kappa shape index (κ2) is 9.27. The van der Waals surface area contributed by atoms with Crippen LogP contribution in [0, 0.1) is 11.3 Å². The van der Waals surface area contributed by atoms with E-state index >= 15 is 0 Å². The van der Waals surface area contributed by atoms with Crippen molar-refractivity contribution in [3.05, 3.63) is 34.9 Å². The van der Waals surface area contributed by atoms with Crippen LogP contribution in [-0.4, -0.2) is 36.5 Å². The van der Waals surface area contributed by atoms with E-state index in [2.05, 4.69) is 5.32 Å². The summed E-state index contributed by atoms with van der Waals surface area (Å²) in [5.74, 6) is -0.388. The molecule has 1 aromatic rings. The molecule has 1 atom stereocenters. The highest BCUT2D eigenvalue weighted by molar-refractivity contribution is 7.98. The lowest BCUT2D eigenvalue weighted by Gasteiger charge is -2.16. The van der Waals surface area contributed by atoms with E-state index in [1.807, 2.05) is 6.26 Å². The fourth-order valence-corrected chi connectivity index (χ4v) is 2.26. The summed E-state index contributed by atoms with van der Waals surface area (Å²) in [6.45, 7) is -0.337. The number of halogens is 1. The molecule has 0 saturated heterocycles. The van der Waals surface area contributed by atoms with E-state index < -0.39 is 17.9 Å². The zero-order chi connectivity index (χ0) is 15.7. The van der Waals surface area contributed by atoms with Crippen LogP contribution in [0.3, 0.4) is 0 Å². The number of ether oxygens (including phenoxy) is 1. The van der Waals surface area contributed by atoms with Crippen molar-refractivity contribution in [2.75, 3.05) is 18.6 Å². The highest BCUT2D eigenvalue weighted by atomic mass is 35.5. The molecule has 1 aromatic carbocycles. The van der Waals surface area contributed by atoms with Gasteiger partial charge in [-0.25, -0.2) is 4.79 Å². The van der Waals surface area contributed by atoms with Crippen molar-refractivity contribution < 1.29 is 14.3 Å². The summed E-state index contributed by atoms with van der Waals surface area (Å²) in [5, 5.41) is 11.3. The van der Waals surface area contributed by atoms with Gasteiger partial charge in [-0.05, 0) is 30.6 Å². The summed E-state index contributed by atoms with van der Waals surface area (Å²) in [6.07, 6.45) is 2.31. The number of hydrogen-bond donors (Lipinski definition) is 1. The van der Waals surface area contributed by atoms with Gasteiger partial charge < -0.3 is 10.1 Å². The predicted molar refractivity (Wildman–Crippen MR) is 82.3 cm³/mol. The molecular weight excluding hydrogens is 312 g/mol. The molecule has 21 heavy (non-hydrogen) atoms. The molecule has 0 heterocycles. The summed E-state index contributed by atoms with van der Waals surface area (Å²) in [7, 11) is 0. The fourth-order valence-electron chi connectivity index (χ4n) is 1.57. The van der Waals surface area contributed by atoms with Crippen LogP contribution in [-0.2, 0) is 9.53 Å². The first-order valence-corrected chi connectivity index (χ1v) is 7.95. The summed E-state index contributed by atoms with van der Waals surface area (Å²) in [4.78, 5) is 24.0. The van der Waals surface area contributed by atoms with E-state index in [4.69, 9.17) is 21.6 Å². The Hall–Kier alpha value is -1.71. The number of amides is 1. The number of rotatable bonds is 7. The highest BCUT2D eigenvalue weighted by Gasteiger charge is 2.23. The Morgan fingerprint density at radius 1 is 1.48 bits per heavy atom. The number of carbonyl (C=O) groups is 2. The fraction of sp³-hybridized carbons (Fsp3) is 0.357. The Morgan fingerprint density at radius 3 is 2.81 bits per heavy atom.